The first kappa shape index (κ1) is 17.9. The topological polar surface area (TPSA) is 53.4 Å². The van der Waals surface area contributed by atoms with E-state index < -0.39 is 11.8 Å². The fraction of sp³-hybridized carbons (Fsp3) is 0.444. The van der Waals surface area contributed by atoms with Crippen LogP contribution in [-0.4, -0.2) is 29.0 Å². The Hall–Kier alpha value is -1.89. The summed E-state index contributed by atoms with van der Waals surface area (Å²) in [5.41, 5.74) is 2.37. The minimum Gasteiger partial charge on any atom is -0.481 e. The summed E-state index contributed by atoms with van der Waals surface area (Å²) in [6.45, 7) is 3.53. The van der Waals surface area contributed by atoms with Gasteiger partial charge in [0.25, 0.3) is 0 Å². The van der Waals surface area contributed by atoms with Crippen LogP contribution in [0.5, 0.6) is 5.88 Å². The highest BCUT2D eigenvalue weighted by molar-refractivity contribution is 9.10. The van der Waals surface area contributed by atoms with Crippen molar-refractivity contribution in [2.45, 2.75) is 45.6 Å². The Morgan fingerprint density at radius 1 is 1.32 bits per heavy atom. The van der Waals surface area contributed by atoms with Gasteiger partial charge in [0, 0.05) is 10.0 Å². The predicted molar refractivity (Wildman–Crippen MR) is 95.0 cm³/mol. The molecule has 0 saturated heterocycles. The first-order valence-corrected chi connectivity index (χ1v) is 9.06. The fourth-order valence-electron chi connectivity index (χ4n) is 3.03. The maximum absolute atomic E-state index is 14.6. The number of aryl methyl sites for hydroxylation is 1. The zero-order chi connectivity index (χ0) is 18.1. The van der Waals surface area contributed by atoms with Gasteiger partial charge in [-0.15, -0.1) is 0 Å². The van der Waals surface area contributed by atoms with Crippen LogP contribution in [0, 0.1) is 5.82 Å². The molecule has 0 N–H and O–H groups in total. The van der Waals surface area contributed by atoms with E-state index in [2.05, 4.69) is 21.0 Å². The number of carbonyl (C=O) groups is 1. The number of hydrogen-bond acceptors (Lipinski definition) is 4. The Labute approximate surface area is 154 Å². The van der Waals surface area contributed by atoms with Crippen molar-refractivity contribution in [1.82, 2.24) is 9.78 Å². The molecule has 1 aromatic carbocycles. The molecule has 0 bridgehead atoms. The third-order valence-corrected chi connectivity index (χ3v) is 4.79. The normalized spacial score (nSPS) is 13.7. The largest absolute Gasteiger partial charge is 0.481 e. The Morgan fingerprint density at radius 2 is 2.04 bits per heavy atom. The van der Waals surface area contributed by atoms with Crippen LogP contribution in [-0.2, 0) is 17.6 Å². The van der Waals surface area contributed by atoms with Gasteiger partial charge in [0.05, 0.1) is 24.5 Å². The van der Waals surface area contributed by atoms with Crippen LogP contribution >= 0.6 is 15.9 Å². The van der Waals surface area contributed by atoms with Gasteiger partial charge in [-0.25, -0.2) is 9.18 Å². The number of nitrogens with zero attached hydrogens (tertiary/aromatic N) is 2. The number of esters is 1. The van der Waals surface area contributed by atoms with Gasteiger partial charge in [0.15, 0.2) is 0 Å². The standard InChI is InChI=1S/C18H20BrFN2O3/c1-10(2)25-18(23)12-8-16(14(20)9-13(12)19)22-17(24-3)11-6-4-5-7-15(11)21-22/h8-10H,4-7H2,1-3H3. The van der Waals surface area contributed by atoms with E-state index in [0.717, 1.165) is 36.9 Å². The summed E-state index contributed by atoms with van der Waals surface area (Å²) in [5.74, 6) is -0.482. The van der Waals surface area contributed by atoms with Gasteiger partial charge in [0.1, 0.15) is 11.5 Å². The number of aromatic nitrogens is 2. The first-order valence-electron chi connectivity index (χ1n) is 8.27. The maximum atomic E-state index is 14.6. The molecule has 1 aliphatic rings. The van der Waals surface area contributed by atoms with E-state index in [4.69, 9.17) is 9.47 Å². The number of ether oxygens (including phenoxy) is 2. The Balaban J connectivity index is 2.11. The highest BCUT2D eigenvalue weighted by atomic mass is 79.9. The number of methoxy groups -OCH3 is 1. The van der Waals surface area contributed by atoms with Crippen LogP contribution in [0.2, 0.25) is 0 Å². The quantitative estimate of drug-likeness (QED) is 0.707. The lowest BCUT2D eigenvalue weighted by molar-refractivity contribution is 0.0376. The number of hydrogen-bond donors (Lipinski definition) is 0. The van der Waals surface area contributed by atoms with E-state index in [-0.39, 0.29) is 17.4 Å². The van der Waals surface area contributed by atoms with Crippen molar-refractivity contribution in [2.75, 3.05) is 7.11 Å². The molecule has 25 heavy (non-hydrogen) atoms. The molecule has 2 aromatic rings. The van der Waals surface area contributed by atoms with E-state index in [1.54, 1.807) is 21.0 Å². The molecule has 0 atom stereocenters. The molecule has 5 nitrogen and oxygen atoms in total. The lowest BCUT2D eigenvalue weighted by Crippen LogP contribution is -2.13. The van der Waals surface area contributed by atoms with Crippen LogP contribution in [0.4, 0.5) is 4.39 Å². The number of rotatable bonds is 4. The van der Waals surface area contributed by atoms with Crippen molar-refractivity contribution in [3.8, 4) is 11.6 Å². The second kappa shape index (κ2) is 7.15. The molecule has 0 fully saturated rings. The molecule has 0 amide bonds. The van der Waals surface area contributed by atoms with Gasteiger partial charge in [-0.3, -0.25) is 0 Å². The number of halogens is 2. The van der Waals surface area contributed by atoms with Crippen molar-refractivity contribution in [1.29, 1.82) is 0 Å². The summed E-state index contributed by atoms with van der Waals surface area (Å²) in [5, 5.41) is 4.53. The second-order valence-corrected chi connectivity index (χ2v) is 7.15. The lowest BCUT2D eigenvalue weighted by Gasteiger charge is -2.13. The Morgan fingerprint density at radius 3 is 2.72 bits per heavy atom. The van der Waals surface area contributed by atoms with Crippen LogP contribution in [0.1, 0.15) is 48.3 Å². The summed E-state index contributed by atoms with van der Waals surface area (Å²) in [7, 11) is 1.55. The van der Waals surface area contributed by atoms with E-state index >= 15 is 0 Å². The summed E-state index contributed by atoms with van der Waals surface area (Å²) >= 11 is 3.24. The van der Waals surface area contributed by atoms with E-state index in [1.807, 2.05) is 0 Å². The summed E-state index contributed by atoms with van der Waals surface area (Å²) < 4.78 is 27.1. The van der Waals surface area contributed by atoms with E-state index in [9.17, 15) is 9.18 Å². The summed E-state index contributed by atoms with van der Waals surface area (Å²) in [4.78, 5) is 12.3. The fourth-order valence-corrected chi connectivity index (χ4v) is 3.51. The average molecular weight is 411 g/mol. The van der Waals surface area contributed by atoms with Gasteiger partial charge in [-0.05, 0) is 67.6 Å². The summed E-state index contributed by atoms with van der Waals surface area (Å²) in [6.07, 6.45) is 3.56. The molecule has 7 heteroatoms. The van der Waals surface area contributed by atoms with Crippen LogP contribution < -0.4 is 4.74 Å². The molecule has 1 aliphatic carbocycles. The Kier molecular flexibility index (Phi) is 5.13. The van der Waals surface area contributed by atoms with Gasteiger partial charge < -0.3 is 9.47 Å². The van der Waals surface area contributed by atoms with Gasteiger partial charge in [0.2, 0.25) is 5.88 Å². The maximum Gasteiger partial charge on any atom is 0.339 e. The molecule has 0 unspecified atom stereocenters. The third-order valence-electron chi connectivity index (χ3n) is 4.13. The number of carbonyl (C=O) groups excluding carboxylic acids is 1. The highest BCUT2D eigenvalue weighted by Gasteiger charge is 2.25. The number of benzene rings is 1. The van der Waals surface area contributed by atoms with Crippen molar-refractivity contribution >= 4 is 21.9 Å². The van der Waals surface area contributed by atoms with Gasteiger partial charge >= 0.3 is 5.97 Å². The predicted octanol–water partition coefficient (Wildman–Crippen LogP) is 4.23. The van der Waals surface area contributed by atoms with Crippen molar-refractivity contribution in [3.05, 3.63) is 39.2 Å². The SMILES string of the molecule is COc1c2c(nn1-c1cc(C(=O)OC(C)C)c(Br)cc1F)CCCC2. The molecule has 0 saturated carbocycles. The third kappa shape index (κ3) is 3.42. The minimum atomic E-state index is -0.515. The molecule has 134 valence electrons. The summed E-state index contributed by atoms with van der Waals surface area (Å²) in [6, 6.07) is 2.71. The van der Waals surface area contributed by atoms with Gasteiger partial charge in [-0.2, -0.15) is 9.78 Å². The molecule has 1 aromatic heterocycles. The lowest BCUT2D eigenvalue weighted by atomic mass is 9.98. The molecular weight excluding hydrogens is 391 g/mol. The molecular formula is C18H20BrFN2O3. The molecule has 0 radical (unpaired) electrons. The molecule has 3 rings (SSSR count). The minimum absolute atomic E-state index is 0.171. The highest BCUT2D eigenvalue weighted by Crippen LogP contribution is 2.34. The van der Waals surface area contributed by atoms with Crippen LogP contribution in [0.15, 0.2) is 16.6 Å². The molecule has 1 heterocycles. The van der Waals surface area contributed by atoms with Crippen molar-refractivity contribution in [3.63, 3.8) is 0 Å². The zero-order valence-corrected chi connectivity index (χ0v) is 16.0. The monoisotopic (exact) mass is 410 g/mol. The second-order valence-electron chi connectivity index (χ2n) is 6.29. The zero-order valence-electron chi connectivity index (χ0n) is 14.4. The first-order chi connectivity index (χ1) is 11.9. The number of fused-ring (bicyclic) bond motifs is 1. The van der Waals surface area contributed by atoms with Crippen molar-refractivity contribution in [2.24, 2.45) is 0 Å². The van der Waals surface area contributed by atoms with Crippen molar-refractivity contribution < 1.29 is 18.7 Å². The van der Waals surface area contributed by atoms with E-state index in [1.165, 1.54) is 16.8 Å². The van der Waals surface area contributed by atoms with Crippen LogP contribution in [0.25, 0.3) is 5.69 Å². The molecule has 0 spiro atoms. The Bertz CT molecular complexity index is 817. The smallest absolute Gasteiger partial charge is 0.339 e. The van der Waals surface area contributed by atoms with Gasteiger partial charge in [-0.1, -0.05) is 0 Å². The molecule has 0 aliphatic heterocycles. The van der Waals surface area contributed by atoms with E-state index in [0.29, 0.717) is 10.4 Å². The van der Waals surface area contributed by atoms with Crippen LogP contribution in [0.3, 0.4) is 0 Å². The average Bonchev–Trinajstić information content (AvgIpc) is 2.92.